The van der Waals surface area contributed by atoms with Crippen molar-refractivity contribution >= 4 is 23.0 Å². The largest absolute Gasteiger partial charge is 0.490 e. The number of rotatable bonds is 5. The number of hydrogen-bond donors (Lipinski definition) is 1. The van der Waals surface area contributed by atoms with Crippen LogP contribution in [0.1, 0.15) is 40.7 Å². The minimum atomic E-state index is -0.404. The third kappa shape index (κ3) is 4.13. The molecule has 0 unspecified atom stereocenters. The first kappa shape index (κ1) is 22.1. The van der Waals surface area contributed by atoms with E-state index in [2.05, 4.69) is 21.5 Å². The van der Waals surface area contributed by atoms with Gasteiger partial charge in [-0.15, -0.1) is 5.10 Å². The van der Waals surface area contributed by atoms with E-state index in [9.17, 15) is 14.9 Å². The number of hydrogen-bond acceptors (Lipinski definition) is 7. The number of benzene rings is 2. The summed E-state index contributed by atoms with van der Waals surface area (Å²) in [5.41, 5.74) is 4.26. The van der Waals surface area contributed by atoms with Crippen LogP contribution < -0.4 is 4.74 Å². The molecule has 1 saturated carbocycles. The Morgan fingerprint density at radius 1 is 1.17 bits per heavy atom. The van der Waals surface area contributed by atoms with E-state index in [1.807, 2.05) is 6.20 Å². The molecule has 3 aliphatic rings. The number of H-pyrrole nitrogens is 1. The molecule has 6 rings (SSSR count). The van der Waals surface area contributed by atoms with Crippen molar-refractivity contribution in [1.29, 1.82) is 5.26 Å². The van der Waals surface area contributed by atoms with Gasteiger partial charge in [0, 0.05) is 42.9 Å². The third-order valence-corrected chi connectivity index (χ3v) is 7.06. The first-order valence-corrected chi connectivity index (χ1v) is 12.0. The Morgan fingerprint density at radius 3 is 2.83 bits per heavy atom. The molecule has 2 amide bonds. The van der Waals surface area contributed by atoms with Crippen molar-refractivity contribution in [3.05, 3.63) is 64.9 Å². The summed E-state index contributed by atoms with van der Waals surface area (Å²) in [5.74, 6) is 0.589. The summed E-state index contributed by atoms with van der Waals surface area (Å²) in [4.78, 5) is 29.1. The monoisotopic (exact) mass is 484 g/mol. The van der Waals surface area contributed by atoms with Crippen LogP contribution in [-0.4, -0.2) is 62.9 Å². The molecule has 10 heteroatoms. The number of carbonyl (C=O) groups excluding carboxylic acids is 2. The summed E-state index contributed by atoms with van der Waals surface area (Å²) < 4.78 is 11.6. The topological polar surface area (TPSA) is 124 Å². The molecule has 2 fully saturated rings. The van der Waals surface area contributed by atoms with Crippen molar-refractivity contribution in [3.8, 4) is 11.8 Å². The maximum absolute atomic E-state index is 13.0. The van der Waals surface area contributed by atoms with Gasteiger partial charge in [-0.25, -0.2) is 4.79 Å². The average molecular weight is 485 g/mol. The van der Waals surface area contributed by atoms with Crippen LogP contribution in [0.4, 0.5) is 4.79 Å². The van der Waals surface area contributed by atoms with Crippen LogP contribution in [0.15, 0.2) is 48.2 Å². The summed E-state index contributed by atoms with van der Waals surface area (Å²) in [6, 6.07) is 12.6. The summed E-state index contributed by atoms with van der Waals surface area (Å²) in [6.45, 7) is 1.51. The van der Waals surface area contributed by atoms with E-state index in [1.54, 1.807) is 46.2 Å². The van der Waals surface area contributed by atoms with Gasteiger partial charge in [0.1, 0.15) is 17.9 Å². The Balaban J connectivity index is 1.07. The van der Waals surface area contributed by atoms with E-state index in [0.29, 0.717) is 42.0 Å². The van der Waals surface area contributed by atoms with Gasteiger partial charge in [0.05, 0.1) is 23.3 Å². The van der Waals surface area contributed by atoms with E-state index in [1.165, 1.54) is 0 Å². The van der Waals surface area contributed by atoms with Gasteiger partial charge in [-0.1, -0.05) is 11.3 Å². The zero-order chi connectivity index (χ0) is 24.6. The van der Waals surface area contributed by atoms with Gasteiger partial charge in [0.25, 0.3) is 5.91 Å². The second-order valence-electron chi connectivity index (χ2n) is 9.44. The van der Waals surface area contributed by atoms with Crippen molar-refractivity contribution in [2.45, 2.75) is 32.0 Å². The second kappa shape index (κ2) is 9.00. The van der Waals surface area contributed by atoms with E-state index < -0.39 is 6.09 Å². The Kier molecular flexibility index (Phi) is 5.52. The highest BCUT2D eigenvalue weighted by Gasteiger charge is 2.38. The number of carbonyl (C=O) groups is 2. The molecular weight excluding hydrogens is 460 g/mol. The second-order valence-corrected chi connectivity index (χ2v) is 9.44. The number of nitriles is 1. The predicted molar refractivity (Wildman–Crippen MR) is 128 cm³/mol. The number of ether oxygens (including phenoxy) is 2. The number of likely N-dealkylation sites (tertiary alicyclic amines) is 1. The van der Waals surface area contributed by atoms with Crippen molar-refractivity contribution in [2.75, 3.05) is 19.6 Å². The fourth-order valence-electron chi connectivity index (χ4n) is 4.78. The normalized spacial score (nSPS) is 19.0. The molecule has 1 atom stereocenters. The lowest BCUT2D eigenvalue weighted by Gasteiger charge is -2.27. The standard InChI is InChI=1S/C26H24N6O4/c27-10-16-4-5-18(24(8-16)36-21-2-1-3-21)15-35-26(34)32-13-19-11-31(12-20(19)14-32)25(33)17-6-7-22-23(9-17)29-30-28-22/h4-9,11,20-21H,1-3,12-15H2,(H,28,29,30)/t20-/m0/s1. The third-order valence-electron chi connectivity index (χ3n) is 7.06. The highest BCUT2D eigenvalue weighted by atomic mass is 16.6. The number of nitrogens with zero attached hydrogens (tertiary/aromatic N) is 5. The molecule has 0 radical (unpaired) electrons. The van der Waals surface area contributed by atoms with E-state index in [0.717, 1.165) is 35.9 Å². The molecular formula is C26H24N6O4. The van der Waals surface area contributed by atoms with Crippen molar-refractivity contribution in [3.63, 3.8) is 0 Å². The van der Waals surface area contributed by atoms with Gasteiger partial charge >= 0.3 is 6.09 Å². The number of aromatic nitrogens is 3. The van der Waals surface area contributed by atoms with Crippen molar-refractivity contribution in [2.24, 2.45) is 5.92 Å². The lowest BCUT2D eigenvalue weighted by Crippen LogP contribution is -2.33. The van der Waals surface area contributed by atoms with Crippen LogP contribution in [0.25, 0.3) is 11.0 Å². The van der Waals surface area contributed by atoms with Crippen molar-refractivity contribution in [1.82, 2.24) is 25.2 Å². The molecule has 3 heterocycles. The number of aromatic amines is 1. The van der Waals surface area contributed by atoms with Crippen LogP contribution in [0.3, 0.4) is 0 Å². The number of fused-ring (bicyclic) bond motifs is 2. The maximum atomic E-state index is 13.0. The molecule has 0 spiro atoms. The molecule has 36 heavy (non-hydrogen) atoms. The molecule has 2 aromatic carbocycles. The first-order valence-electron chi connectivity index (χ1n) is 12.0. The quantitative estimate of drug-likeness (QED) is 0.589. The minimum Gasteiger partial charge on any atom is -0.490 e. The van der Waals surface area contributed by atoms with Crippen LogP contribution in [0.2, 0.25) is 0 Å². The maximum Gasteiger partial charge on any atom is 0.410 e. The average Bonchev–Trinajstić information content (AvgIpc) is 3.59. The molecule has 1 aliphatic carbocycles. The van der Waals surface area contributed by atoms with Gasteiger partial charge in [-0.05, 0) is 55.2 Å². The Labute approximate surface area is 207 Å². The Morgan fingerprint density at radius 2 is 2.06 bits per heavy atom. The van der Waals surface area contributed by atoms with Gasteiger partial charge in [0.15, 0.2) is 0 Å². The fraction of sp³-hybridized carbons (Fsp3) is 0.346. The molecule has 10 nitrogen and oxygen atoms in total. The summed E-state index contributed by atoms with van der Waals surface area (Å²) in [7, 11) is 0. The Hall–Kier alpha value is -4.39. The zero-order valence-corrected chi connectivity index (χ0v) is 19.5. The molecule has 182 valence electrons. The van der Waals surface area contributed by atoms with E-state index in [-0.39, 0.29) is 24.5 Å². The molecule has 2 aliphatic heterocycles. The summed E-state index contributed by atoms with van der Waals surface area (Å²) in [5, 5.41) is 19.7. The van der Waals surface area contributed by atoms with Gasteiger partial charge in [-0.2, -0.15) is 5.26 Å². The predicted octanol–water partition coefficient (Wildman–Crippen LogP) is 3.37. The molecule has 1 saturated heterocycles. The molecule has 3 aromatic rings. The van der Waals surface area contributed by atoms with Crippen LogP contribution >= 0.6 is 0 Å². The lowest BCUT2D eigenvalue weighted by molar-refractivity contribution is 0.0814. The highest BCUT2D eigenvalue weighted by molar-refractivity contribution is 5.98. The fourth-order valence-corrected chi connectivity index (χ4v) is 4.78. The van der Waals surface area contributed by atoms with Gasteiger partial charge in [0.2, 0.25) is 0 Å². The van der Waals surface area contributed by atoms with Crippen LogP contribution in [-0.2, 0) is 11.3 Å². The number of amides is 2. The lowest BCUT2D eigenvalue weighted by atomic mass is 9.96. The summed E-state index contributed by atoms with van der Waals surface area (Å²) >= 11 is 0. The van der Waals surface area contributed by atoms with E-state index in [4.69, 9.17) is 9.47 Å². The summed E-state index contributed by atoms with van der Waals surface area (Å²) in [6.07, 6.45) is 4.72. The van der Waals surface area contributed by atoms with Gasteiger partial charge < -0.3 is 19.3 Å². The zero-order valence-electron chi connectivity index (χ0n) is 19.5. The van der Waals surface area contributed by atoms with E-state index >= 15 is 0 Å². The molecule has 1 N–H and O–H groups in total. The smallest absolute Gasteiger partial charge is 0.410 e. The SMILES string of the molecule is N#Cc1ccc(COC(=O)N2CC3=CN(C(=O)c4ccc5[nH]nnc5c4)C[C@H]3C2)c(OC2CCC2)c1. The molecule has 1 aromatic heterocycles. The first-order chi connectivity index (χ1) is 17.6. The van der Waals surface area contributed by atoms with Crippen molar-refractivity contribution < 1.29 is 19.1 Å². The van der Waals surface area contributed by atoms with Gasteiger partial charge in [-0.3, -0.25) is 9.89 Å². The van der Waals surface area contributed by atoms with Crippen LogP contribution in [0, 0.1) is 17.2 Å². The molecule has 0 bridgehead atoms. The Bertz CT molecular complexity index is 1420. The highest BCUT2D eigenvalue weighted by Crippen LogP contribution is 2.32. The number of nitrogens with one attached hydrogen (secondary N) is 1. The minimum absolute atomic E-state index is 0.0714. The van der Waals surface area contributed by atoms with Crippen LogP contribution in [0.5, 0.6) is 5.75 Å².